The van der Waals surface area contributed by atoms with Crippen LogP contribution in [0.25, 0.3) is 0 Å². The Balaban J connectivity index is 0.00000196. The molecule has 1 rings (SSSR count). The maximum absolute atomic E-state index is 5.83. The van der Waals surface area contributed by atoms with E-state index < -0.39 is 0 Å². The molecule has 1 fully saturated rings. The molecule has 1 saturated heterocycles. The van der Waals surface area contributed by atoms with Gasteiger partial charge in [0, 0.05) is 6.61 Å². The fourth-order valence-electron chi connectivity index (χ4n) is 1.82. The van der Waals surface area contributed by atoms with Gasteiger partial charge in [0.25, 0.3) is 0 Å². The van der Waals surface area contributed by atoms with E-state index in [-0.39, 0.29) is 51.4 Å². The van der Waals surface area contributed by atoms with E-state index in [1.165, 1.54) is 12.8 Å². The fourth-order valence-corrected chi connectivity index (χ4v) is 1.82. The summed E-state index contributed by atoms with van der Waals surface area (Å²) >= 11 is 0. The molecule has 0 radical (unpaired) electrons. The summed E-state index contributed by atoms with van der Waals surface area (Å²) in [6.07, 6.45) is 5.31. The van der Waals surface area contributed by atoms with Gasteiger partial charge >= 0.3 is 51.4 Å². The van der Waals surface area contributed by atoms with E-state index in [0.29, 0.717) is 6.10 Å². The van der Waals surface area contributed by atoms with Gasteiger partial charge in [-0.1, -0.05) is 13.8 Å². The van der Waals surface area contributed by atoms with Crippen molar-refractivity contribution in [2.24, 2.45) is 5.92 Å². The summed E-state index contributed by atoms with van der Waals surface area (Å²) in [5.74, 6) is 0.806. The van der Waals surface area contributed by atoms with Crippen LogP contribution < -0.4 is 51.4 Å². The first-order valence-corrected chi connectivity index (χ1v) is 5.85. The summed E-state index contributed by atoms with van der Waals surface area (Å²) in [5.41, 5.74) is 0. The Morgan fingerprint density at radius 2 is 1.93 bits per heavy atom. The Morgan fingerprint density at radius 3 is 2.47 bits per heavy atom. The summed E-state index contributed by atoms with van der Waals surface area (Å²) in [7, 11) is 3.93. The number of piperidine rings is 1. The Kier molecular flexibility index (Phi) is 10.6. The van der Waals surface area contributed by atoms with E-state index in [2.05, 4.69) is 25.8 Å². The zero-order valence-electron chi connectivity index (χ0n) is 10.7. The molecule has 0 atom stereocenters. The summed E-state index contributed by atoms with van der Waals surface area (Å²) in [5, 5.41) is 0. The van der Waals surface area contributed by atoms with Gasteiger partial charge in [-0.05, 0) is 44.7 Å². The molecule has 2 nitrogen and oxygen atoms in total. The van der Waals surface area contributed by atoms with E-state index in [4.69, 9.17) is 4.74 Å². The molecule has 0 amide bonds. The van der Waals surface area contributed by atoms with Gasteiger partial charge in [0.2, 0.25) is 0 Å². The van der Waals surface area contributed by atoms with Gasteiger partial charge in [0.05, 0.1) is 6.10 Å². The smallest absolute Gasteiger partial charge is 0.459 e. The second-order valence-electron chi connectivity index (χ2n) is 4.72. The van der Waals surface area contributed by atoms with Gasteiger partial charge in [0.15, 0.2) is 0 Å². The van der Waals surface area contributed by atoms with Crippen LogP contribution in [0, 0.1) is 13.0 Å². The van der Waals surface area contributed by atoms with Crippen molar-refractivity contribution in [2.75, 3.05) is 19.7 Å². The molecular formula is C12H24KNO. The van der Waals surface area contributed by atoms with Crippen LogP contribution in [0.15, 0.2) is 0 Å². The number of likely N-dealkylation sites (tertiary alicyclic amines) is 1. The van der Waals surface area contributed by atoms with E-state index in [9.17, 15) is 0 Å². The van der Waals surface area contributed by atoms with Crippen LogP contribution in [0.3, 0.4) is 0 Å². The number of hydrogen-bond donors (Lipinski definition) is 0. The van der Waals surface area contributed by atoms with E-state index in [1.807, 2.05) is 0 Å². The van der Waals surface area contributed by atoms with E-state index in [1.54, 1.807) is 0 Å². The standard InChI is InChI=1S/C12H24NO.K/c1-11(2)5-4-10-14-12-6-8-13(3)9-7-12;/h11-12H,3-10H2,1-2H3;/q-1;+1. The molecule has 3 heteroatoms. The first-order chi connectivity index (χ1) is 6.68. The normalized spacial score (nSPS) is 19.2. The number of ether oxygens (including phenoxy) is 1. The van der Waals surface area contributed by atoms with Crippen LogP contribution in [0.2, 0.25) is 0 Å². The summed E-state index contributed by atoms with van der Waals surface area (Å²) < 4.78 is 5.83. The molecule has 15 heavy (non-hydrogen) atoms. The molecular weight excluding hydrogens is 213 g/mol. The van der Waals surface area contributed by atoms with Crippen molar-refractivity contribution in [1.29, 1.82) is 0 Å². The molecule has 0 bridgehead atoms. The molecule has 0 aromatic heterocycles. The predicted octanol–water partition coefficient (Wildman–Crippen LogP) is -0.301. The predicted molar refractivity (Wildman–Crippen MR) is 60.0 cm³/mol. The minimum atomic E-state index is 0. The second-order valence-corrected chi connectivity index (χ2v) is 4.72. The maximum Gasteiger partial charge on any atom is 1.00 e. The minimum absolute atomic E-state index is 0. The van der Waals surface area contributed by atoms with Crippen LogP contribution >= 0.6 is 0 Å². The Labute approximate surface area is 138 Å². The van der Waals surface area contributed by atoms with Crippen molar-refractivity contribution < 1.29 is 56.1 Å². The van der Waals surface area contributed by atoms with Gasteiger partial charge in [-0.15, -0.1) is 0 Å². The summed E-state index contributed by atoms with van der Waals surface area (Å²) in [4.78, 5) is 2.13. The maximum atomic E-state index is 5.83. The number of rotatable bonds is 5. The quantitative estimate of drug-likeness (QED) is 0.370. The van der Waals surface area contributed by atoms with Gasteiger partial charge < -0.3 is 9.64 Å². The average Bonchev–Trinajstić information content (AvgIpc) is 2.15. The van der Waals surface area contributed by atoms with E-state index in [0.717, 1.165) is 38.5 Å². The molecule has 1 aliphatic rings. The molecule has 0 saturated carbocycles. The van der Waals surface area contributed by atoms with Gasteiger partial charge in [0.1, 0.15) is 0 Å². The zero-order chi connectivity index (χ0) is 10.4. The molecule has 0 unspecified atom stereocenters. The van der Waals surface area contributed by atoms with Crippen LogP contribution in [-0.2, 0) is 4.74 Å². The zero-order valence-corrected chi connectivity index (χ0v) is 13.8. The minimum Gasteiger partial charge on any atom is -0.459 e. The van der Waals surface area contributed by atoms with Crippen LogP contribution in [0.4, 0.5) is 0 Å². The van der Waals surface area contributed by atoms with E-state index >= 15 is 0 Å². The third kappa shape index (κ3) is 8.30. The SMILES string of the molecule is [CH2-]N1CCC(OCCCC(C)C)CC1.[K+]. The van der Waals surface area contributed by atoms with Crippen molar-refractivity contribution in [3.05, 3.63) is 7.05 Å². The monoisotopic (exact) mass is 237 g/mol. The summed E-state index contributed by atoms with van der Waals surface area (Å²) in [6, 6.07) is 0. The molecule has 0 aromatic carbocycles. The van der Waals surface area contributed by atoms with Crippen LogP contribution in [-0.4, -0.2) is 30.7 Å². The van der Waals surface area contributed by atoms with Crippen LogP contribution in [0.5, 0.6) is 0 Å². The first-order valence-electron chi connectivity index (χ1n) is 5.85. The number of hydrogen-bond acceptors (Lipinski definition) is 2. The molecule has 0 aromatic rings. The van der Waals surface area contributed by atoms with Crippen molar-refractivity contribution >= 4 is 0 Å². The second kappa shape index (κ2) is 9.57. The Morgan fingerprint density at radius 1 is 1.33 bits per heavy atom. The molecule has 84 valence electrons. The molecule has 0 spiro atoms. The topological polar surface area (TPSA) is 12.5 Å². The molecule has 1 aliphatic heterocycles. The first kappa shape index (κ1) is 16.6. The van der Waals surface area contributed by atoms with Gasteiger partial charge in [-0.2, -0.15) is 0 Å². The number of nitrogens with zero attached hydrogens (tertiary/aromatic N) is 1. The summed E-state index contributed by atoms with van der Waals surface area (Å²) in [6.45, 7) is 7.66. The Hall–Kier alpha value is 1.56. The largest absolute Gasteiger partial charge is 1.00 e. The third-order valence-corrected chi connectivity index (χ3v) is 2.81. The van der Waals surface area contributed by atoms with Crippen molar-refractivity contribution in [3.8, 4) is 0 Å². The molecule has 0 N–H and O–H groups in total. The van der Waals surface area contributed by atoms with Gasteiger partial charge in [-0.25, -0.2) is 0 Å². The van der Waals surface area contributed by atoms with Crippen molar-refractivity contribution in [3.63, 3.8) is 0 Å². The fraction of sp³-hybridized carbons (Fsp3) is 0.917. The van der Waals surface area contributed by atoms with Crippen molar-refractivity contribution in [1.82, 2.24) is 4.90 Å². The average molecular weight is 237 g/mol. The third-order valence-electron chi connectivity index (χ3n) is 2.81. The van der Waals surface area contributed by atoms with Crippen LogP contribution in [0.1, 0.15) is 39.5 Å². The van der Waals surface area contributed by atoms with Gasteiger partial charge in [-0.3, -0.25) is 7.05 Å². The Bertz CT molecular complexity index is 145. The molecule has 0 aliphatic carbocycles. The molecule has 1 heterocycles. The van der Waals surface area contributed by atoms with Crippen molar-refractivity contribution in [2.45, 2.75) is 45.6 Å².